The lowest BCUT2D eigenvalue weighted by Crippen LogP contribution is -2.58. The molecule has 1 aromatic carbocycles. The fourth-order valence-electron chi connectivity index (χ4n) is 5.44. The van der Waals surface area contributed by atoms with E-state index in [0.717, 1.165) is 24.3 Å². The molecule has 19 heavy (non-hydrogen) atoms. The zero-order chi connectivity index (χ0) is 12.9. The van der Waals surface area contributed by atoms with Crippen molar-refractivity contribution in [3.63, 3.8) is 0 Å². The monoisotopic (exact) mass is 255 g/mol. The van der Waals surface area contributed by atoms with E-state index < -0.39 is 0 Å². The zero-order valence-electron chi connectivity index (χ0n) is 12.0. The van der Waals surface area contributed by atoms with E-state index in [0.29, 0.717) is 5.54 Å². The predicted molar refractivity (Wildman–Crippen MR) is 78.9 cm³/mol. The first-order valence-electron chi connectivity index (χ1n) is 8.01. The van der Waals surface area contributed by atoms with Gasteiger partial charge in [-0.25, -0.2) is 0 Å². The molecule has 0 aromatic heterocycles. The fourth-order valence-corrected chi connectivity index (χ4v) is 5.44. The van der Waals surface area contributed by atoms with E-state index in [4.69, 9.17) is 0 Å². The zero-order valence-corrected chi connectivity index (χ0v) is 12.0. The number of nitrogens with one attached hydrogen (secondary N) is 1. The molecule has 4 aliphatic carbocycles. The van der Waals surface area contributed by atoms with Gasteiger partial charge in [-0.3, -0.25) is 0 Å². The topological polar surface area (TPSA) is 12.0 Å². The maximum Gasteiger partial charge on any atom is 0.0210 e. The SMILES string of the molecule is Cc1cccc(CNC23CC4CC(CC(C4)C2)C3)c1. The largest absolute Gasteiger partial charge is 0.307 e. The third-order valence-corrected chi connectivity index (χ3v) is 5.79. The Labute approximate surface area is 116 Å². The van der Waals surface area contributed by atoms with Crippen LogP contribution < -0.4 is 5.32 Å². The summed E-state index contributed by atoms with van der Waals surface area (Å²) >= 11 is 0. The van der Waals surface area contributed by atoms with Crippen LogP contribution in [-0.4, -0.2) is 5.54 Å². The summed E-state index contributed by atoms with van der Waals surface area (Å²) in [6.45, 7) is 3.25. The summed E-state index contributed by atoms with van der Waals surface area (Å²) < 4.78 is 0. The van der Waals surface area contributed by atoms with Gasteiger partial charge in [-0.05, 0) is 68.8 Å². The Bertz CT molecular complexity index is 441. The van der Waals surface area contributed by atoms with E-state index in [9.17, 15) is 0 Å². The van der Waals surface area contributed by atoms with Crippen molar-refractivity contribution in [2.45, 2.75) is 57.5 Å². The average Bonchev–Trinajstić information content (AvgIpc) is 2.35. The Balaban J connectivity index is 1.48. The third kappa shape index (κ3) is 2.23. The van der Waals surface area contributed by atoms with Gasteiger partial charge in [0.05, 0.1) is 0 Å². The van der Waals surface area contributed by atoms with Crippen molar-refractivity contribution in [2.24, 2.45) is 17.8 Å². The Morgan fingerprint density at radius 1 is 1.05 bits per heavy atom. The van der Waals surface area contributed by atoms with Crippen molar-refractivity contribution in [3.05, 3.63) is 35.4 Å². The third-order valence-electron chi connectivity index (χ3n) is 5.79. The summed E-state index contributed by atoms with van der Waals surface area (Å²) in [7, 11) is 0. The first-order chi connectivity index (χ1) is 9.21. The Hall–Kier alpha value is -0.820. The molecule has 0 unspecified atom stereocenters. The highest BCUT2D eigenvalue weighted by Gasteiger charge is 2.50. The Morgan fingerprint density at radius 3 is 2.26 bits per heavy atom. The molecular formula is C18H25N. The summed E-state index contributed by atoms with van der Waals surface area (Å²) in [5, 5.41) is 3.97. The van der Waals surface area contributed by atoms with E-state index >= 15 is 0 Å². The minimum atomic E-state index is 0.499. The van der Waals surface area contributed by atoms with Crippen molar-refractivity contribution in [3.8, 4) is 0 Å². The van der Waals surface area contributed by atoms with E-state index in [-0.39, 0.29) is 0 Å². The average molecular weight is 255 g/mol. The van der Waals surface area contributed by atoms with Gasteiger partial charge in [-0.1, -0.05) is 29.8 Å². The molecule has 0 spiro atoms. The highest BCUT2D eigenvalue weighted by molar-refractivity contribution is 5.22. The van der Waals surface area contributed by atoms with Crippen LogP contribution in [0.25, 0.3) is 0 Å². The Kier molecular flexibility index (Phi) is 2.73. The van der Waals surface area contributed by atoms with Crippen LogP contribution in [-0.2, 0) is 6.54 Å². The molecule has 0 heterocycles. The highest BCUT2D eigenvalue weighted by atomic mass is 15.0. The molecule has 1 aromatic rings. The lowest BCUT2D eigenvalue weighted by molar-refractivity contribution is -0.0206. The second-order valence-corrected chi connectivity index (χ2v) is 7.54. The van der Waals surface area contributed by atoms with Crippen LogP contribution in [0.2, 0.25) is 0 Å². The number of rotatable bonds is 3. The van der Waals surface area contributed by atoms with Gasteiger partial charge in [0.2, 0.25) is 0 Å². The number of hydrogen-bond donors (Lipinski definition) is 1. The molecule has 4 bridgehead atoms. The Morgan fingerprint density at radius 2 is 1.68 bits per heavy atom. The maximum absolute atomic E-state index is 3.97. The number of aryl methyl sites for hydroxylation is 1. The van der Waals surface area contributed by atoms with Gasteiger partial charge < -0.3 is 5.32 Å². The van der Waals surface area contributed by atoms with E-state index in [2.05, 4.69) is 36.5 Å². The van der Waals surface area contributed by atoms with Crippen LogP contribution in [0.1, 0.15) is 49.7 Å². The second-order valence-electron chi connectivity index (χ2n) is 7.54. The quantitative estimate of drug-likeness (QED) is 0.859. The van der Waals surface area contributed by atoms with E-state index in [1.165, 1.54) is 49.7 Å². The highest BCUT2D eigenvalue weighted by Crippen LogP contribution is 2.55. The minimum absolute atomic E-state index is 0.499. The number of hydrogen-bond acceptors (Lipinski definition) is 1. The van der Waals surface area contributed by atoms with Crippen molar-refractivity contribution in [1.29, 1.82) is 0 Å². The molecule has 0 saturated heterocycles. The molecular weight excluding hydrogens is 230 g/mol. The molecule has 0 radical (unpaired) electrons. The van der Waals surface area contributed by atoms with Crippen LogP contribution in [0.3, 0.4) is 0 Å². The van der Waals surface area contributed by atoms with Crippen molar-refractivity contribution < 1.29 is 0 Å². The van der Waals surface area contributed by atoms with Crippen molar-refractivity contribution >= 4 is 0 Å². The molecule has 0 aliphatic heterocycles. The molecule has 5 rings (SSSR count). The lowest BCUT2D eigenvalue weighted by Gasteiger charge is -2.57. The molecule has 1 nitrogen and oxygen atoms in total. The maximum atomic E-state index is 3.97. The summed E-state index contributed by atoms with van der Waals surface area (Å²) in [6, 6.07) is 8.97. The first kappa shape index (κ1) is 12.0. The molecule has 4 fully saturated rings. The second kappa shape index (κ2) is 4.34. The fraction of sp³-hybridized carbons (Fsp3) is 0.667. The van der Waals surface area contributed by atoms with Crippen molar-refractivity contribution in [2.75, 3.05) is 0 Å². The van der Waals surface area contributed by atoms with Gasteiger partial charge in [0, 0.05) is 12.1 Å². The smallest absolute Gasteiger partial charge is 0.0210 e. The summed E-state index contributed by atoms with van der Waals surface area (Å²) in [5.41, 5.74) is 3.33. The summed E-state index contributed by atoms with van der Waals surface area (Å²) in [5.74, 6) is 3.11. The number of benzene rings is 1. The molecule has 4 aliphatic rings. The molecule has 1 heteroatoms. The minimum Gasteiger partial charge on any atom is -0.307 e. The molecule has 1 N–H and O–H groups in total. The van der Waals surface area contributed by atoms with Crippen LogP contribution in [0.4, 0.5) is 0 Å². The van der Waals surface area contributed by atoms with Crippen molar-refractivity contribution in [1.82, 2.24) is 5.32 Å². The van der Waals surface area contributed by atoms with Gasteiger partial charge in [-0.2, -0.15) is 0 Å². The van der Waals surface area contributed by atoms with E-state index in [1.54, 1.807) is 0 Å². The van der Waals surface area contributed by atoms with Gasteiger partial charge in [0.15, 0.2) is 0 Å². The molecule has 4 saturated carbocycles. The first-order valence-corrected chi connectivity index (χ1v) is 8.01. The van der Waals surface area contributed by atoms with Crippen LogP contribution >= 0.6 is 0 Å². The van der Waals surface area contributed by atoms with Gasteiger partial charge in [0.25, 0.3) is 0 Å². The summed E-state index contributed by atoms with van der Waals surface area (Å²) in [4.78, 5) is 0. The van der Waals surface area contributed by atoms with Gasteiger partial charge in [0.1, 0.15) is 0 Å². The predicted octanol–water partition coefficient (Wildman–Crippen LogP) is 4.05. The molecule has 0 amide bonds. The van der Waals surface area contributed by atoms with Crippen LogP contribution in [0, 0.1) is 24.7 Å². The normalized spacial score (nSPS) is 39.7. The van der Waals surface area contributed by atoms with Gasteiger partial charge >= 0.3 is 0 Å². The lowest BCUT2D eigenvalue weighted by atomic mass is 9.53. The molecule has 0 atom stereocenters. The van der Waals surface area contributed by atoms with Crippen LogP contribution in [0.5, 0.6) is 0 Å². The van der Waals surface area contributed by atoms with Gasteiger partial charge in [-0.15, -0.1) is 0 Å². The van der Waals surface area contributed by atoms with E-state index in [1.807, 2.05) is 0 Å². The molecule has 102 valence electrons. The standard InChI is InChI=1S/C18H25N/c1-13-3-2-4-14(5-13)12-19-18-9-15-6-16(10-18)8-17(7-15)11-18/h2-5,15-17,19H,6-12H2,1H3. The summed E-state index contributed by atoms with van der Waals surface area (Å²) in [6.07, 6.45) is 8.95. The van der Waals surface area contributed by atoms with Crippen LogP contribution in [0.15, 0.2) is 24.3 Å².